The SMILES string of the molecule is COc1ccc(C2Oc3cc(C=O)ccc3OC2CO)cc1OC. The van der Waals surface area contributed by atoms with Crippen molar-refractivity contribution < 1.29 is 28.8 Å². The topological polar surface area (TPSA) is 74.2 Å². The predicted octanol–water partition coefficient (Wildman–Crippen LogP) is 2.39. The molecule has 6 heteroatoms. The molecule has 0 amide bonds. The zero-order valence-electron chi connectivity index (χ0n) is 13.4. The largest absolute Gasteiger partial charge is 0.493 e. The van der Waals surface area contributed by atoms with Crippen LogP contribution in [-0.4, -0.2) is 38.3 Å². The molecule has 1 N–H and O–H groups in total. The van der Waals surface area contributed by atoms with Crippen LogP contribution in [0.15, 0.2) is 36.4 Å². The molecule has 0 saturated heterocycles. The van der Waals surface area contributed by atoms with Crippen molar-refractivity contribution in [2.45, 2.75) is 12.2 Å². The van der Waals surface area contributed by atoms with Crippen LogP contribution in [0.1, 0.15) is 22.0 Å². The Morgan fingerprint density at radius 1 is 1.04 bits per heavy atom. The molecule has 1 heterocycles. The summed E-state index contributed by atoms with van der Waals surface area (Å²) >= 11 is 0. The molecule has 2 aromatic carbocycles. The summed E-state index contributed by atoms with van der Waals surface area (Å²) < 4.78 is 22.4. The number of carbonyl (C=O) groups is 1. The van der Waals surface area contributed by atoms with Crippen LogP contribution in [0.2, 0.25) is 0 Å². The molecule has 0 bridgehead atoms. The molecule has 0 saturated carbocycles. The Morgan fingerprint density at radius 3 is 2.50 bits per heavy atom. The summed E-state index contributed by atoms with van der Waals surface area (Å²) in [7, 11) is 3.11. The van der Waals surface area contributed by atoms with Crippen molar-refractivity contribution in [2.75, 3.05) is 20.8 Å². The maximum absolute atomic E-state index is 11.0. The minimum atomic E-state index is -0.572. The number of carbonyl (C=O) groups excluding carboxylic acids is 1. The standard InChI is InChI=1S/C18H18O6/c1-21-13-6-4-12(8-15(13)22-2)18-17(10-20)23-14-5-3-11(9-19)7-16(14)24-18/h3-9,17-18,20H,10H2,1-2H3. The van der Waals surface area contributed by atoms with Gasteiger partial charge in [0.25, 0.3) is 0 Å². The molecule has 126 valence electrons. The van der Waals surface area contributed by atoms with Crippen LogP contribution < -0.4 is 18.9 Å². The molecule has 0 aromatic heterocycles. The first-order chi connectivity index (χ1) is 11.7. The van der Waals surface area contributed by atoms with Crippen LogP contribution in [0.25, 0.3) is 0 Å². The van der Waals surface area contributed by atoms with Crippen LogP contribution in [0.4, 0.5) is 0 Å². The number of ether oxygens (including phenoxy) is 4. The number of methoxy groups -OCH3 is 2. The van der Waals surface area contributed by atoms with E-state index in [4.69, 9.17) is 18.9 Å². The van der Waals surface area contributed by atoms with E-state index in [9.17, 15) is 9.90 Å². The Balaban J connectivity index is 1.98. The minimum absolute atomic E-state index is 0.214. The van der Waals surface area contributed by atoms with E-state index in [2.05, 4.69) is 0 Å². The molecule has 0 radical (unpaired) electrons. The molecule has 3 rings (SSSR count). The Kier molecular flexibility index (Phi) is 4.57. The Bertz CT molecular complexity index is 742. The van der Waals surface area contributed by atoms with Crippen molar-refractivity contribution in [3.8, 4) is 23.0 Å². The third-order valence-corrected chi connectivity index (χ3v) is 3.89. The zero-order chi connectivity index (χ0) is 17.1. The van der Waals surface area contributed by atoms with E-state index < -0.39 is 12.2 Å². The van der Waals surface area contributed by atoms with Gasteiger partial charge in [0.1, 0.15) is 6.29 Å². The molecule has 0 aliphatic carbocycles. The highest BCUT2D eigenvalue weighted by Gasteiger charge is 2.33. The van der Waals surface area contributed by atoms with E-state index in [1.165, 1.54) is 0 Å². The van der Waals surface area contributed by atoms with Gasteiger partial charge in [0, 0.05) is 11.1 Å². The summed E-state index contributed by atoms with van der Waals surface area (Å²) in [5, 5.41) is 9.66. The monoisotopic (exact) mass is 330 g/mol. The lowest BCUT2D eigenvalue weighted by Gasteiger charge is -2.33. The Hall–Kier alpha value is -2.73. The maximum atomic E-state index is 11.0. The highest BCUT2D eigenvalue weighted by atomic mass is 16.6. The number of aldehydes is 1. The fraction of sp³-hybridized carbons (Fsp3) is 0.278. The van der Waals surface area contributed by atoms with Crippen molar-refractivity contribution >= 4 is 6.29 Å². The smallest absolute Gasteiger partial charge is 0.163 e. The molecule has 0 spiro atoms. The molecule has 2 aromatic rings. The second-order valence-corrected chi connectivity index (χ2v) is 5.32. The van der Waals surface area contributed by atoms with Gasteiger partial charge in [-0.15, -0.1) is 0 Å². The van der Waals surface area contributed by atoms with E-state index in [1.807, 2.05) is 6.07 Å². The van der Waals surface area contributed by atoms with E-state index in [0.29, 0.717) is 28.6 Å². The van der Waals surface area contributed by atoms with E-state index in [-0.39, 0.29) is 6.61 Å². The lowest BCUT2D eigenvalue weighted by molar-refractivity contribution is -0.0124. The van der Waals surface area contributed by atoms with Gasteiger partial charge in [0.2, 0.25) is 0 Å². The summed E-state index contributed by atoms with van der Waals surface area (Å²) in [6, 6.07) is 10.3. The van der Waals surface area contributed by atoms with Crippen LogP contribution in [0, 0.1) is 0 Å². The fourth-order valence-corrected chi connectivity index (χ4v) is 2.67. The first kappa shape index (κ1) is 16.1. The number of benzene rings is 2. The maximum Gasteiger partial charge on any atom is 0.163 e. The van der Waals surface area contributed by atoms with E-state index in [0.717, 1.165) is 11.8 Å². The number of aliphatic hydroxyl groups is 1. The summed E-state index contributed by atoms with van der Waals surface area (Å²) in [6.07, 6.45) is -0.366. The van der Waals surface area contributed by atoms with Crippen LogP contribution in [0.5, 0.6) is 23.0 Å². The second-order valence-electron chi connectivity index (χ2n) is 5.32. The van der Waals surface area contributed by atoms with Crippen molar-refractivity contribution in [1.82, 2.24) is 0 Å². The van der Waals surface area contributed by atoms with Crippen molar-refractivity contribution in [3.05, 3.63) is 47.5 Å². The predicted molar refractivity (Wildman–Crippen MR) is 86.2 cm³/mol. The zero-order valence-corrected chi connectivity index (χ0v) is 13.4. The Morgan fingerprint density at radius 2 is 1.83 bits per heavy atom. The van der Waals surface area contributed by atoms with E-state index >= 15 is 0 Å². The van der Waals surface area contributed by atoms with Gasteiger partial charge in [-0.1, -0.05) is 6.07 Å². The first-order valence-corrected chi connectivity index (χ1v) is 7.45. The van der Waals surface area contributed by atoms with Gasteiger partial charge in [0.15, 0.2) is 35.2 Å². The van der Waals surface area contributed by atoms with Gasteiger partial charge in [0.05, 0.1) is 20.8 Å². The number of hydrogen-bond donors (Lipinski definition) is 1. The Labute approximate surface area is 139 Å². The van der Waals surface area contributed by atoms with Crippen LogP contribution >= 0.6 is 0 Å². The third kappa shape index (κ3) is 2.88. The third-order valence-electron chi connectivity index (χ3n) is 3.89. The van der Waals surface area contributed by atoms with Gasteiger partial charge in [-0.25, -0.2) is 0 Å². The lowest BCUT2D eigenvalue weighted by atomic mass is 10.0. The fourth-order valence-electron chi connectivity index (χ4n) is 2.67. The minimum Gasteiger partial charge on any atom is -0.493 e. The van der Waals surface area contributed by atoms with Crippen molar-refractivity contribution in [1.29, 1.82) is 0 Å². The molecular formula is C18H18O6. The highest BCUT2D eigenvalue weighted by molar-refractivity contribution is 5.76. The van der Waals surface area contributed by atoms with Crippen molar-refractivity contribution in [2.24, 2.45) is 0 Å². The van der Waals surface area contributed by atoms with Gasteiger partial charge in [-0.2, -0.15) is 0 Å². The summed E-state index contributed by atoms with van der Waals surface area (Å²) in [5.74, 6) is 2.12. The number of rotatable bonds is 5. The van der Waals surface area contributed by atoms with Crippen molar-refractivity contribution in [3.63, 3.8) is 0 Å². The summed E-state index contributed by atoms with van der Waals surface area (Å²) in [5.41, 5.74) is 1.26. The van der Waals surface area contributed by atoms with E-state index in [1.54, 1.807) is 44.6 Å². The molecule has 2 unspecified atom stereocenters. The molecule has 2 atom stereocenters. The lowest BCUT2D eigenvalue weighted by Crippen LogP contribution is -2.36. The van der Waals surface area contributed by atoms with Gasteiger partial charge in [-0.3, -0.25) is 4.79 Å². The van der Waals surface area contributed by atoms with Gasteiger partial charge in [-0.05, 0) is 30.3 Å². The molecular weight excluding hydrogens is 312 g/mol. The molecule has 1 aliphatic heterocycles. The molecule has 6 nitrogen and oxygen atoms in total. The number of fused-ring (bicyclic) bond motifs is 1. The summed E-state index contributed by atoms with van der Waals surface area (Å²) in [4.78, 5) is 11.0. The second kappa shape index (κ2) is 6.80. The van der Waals surface area contributed by atoms with Crippen LogP contribution in [0.3, 0.4) is 0 Å². The van der Waals surface area contributed by atoms with Gasteiger partial charge >= 0.3 is 0 Å². The first-order valence-electron chi connectivity index (χ1n) is 7.45. The normalized spacial score (nSPS) is 18.8. The average molecular weight is 330 g/mol. The quantitative estimate of drug-likeness (QED) is 0.849. The molecule has 0 fully saturated rings. The molecule has 1 aliphatic rings. The highest BCUT2D eigenvalue weighted by Crippen LogP contribution is 2.41. The summed E-state index contributed by atoms with van der Waals surface area (Å²) in [6.45, 7) is -0.214. The number of aliphatic hydroxyl groups excluding tert-OH is 1. The average Bonchev–Trinajstić information content (AvgIpc) is 2.65. The van der Waals surface area contributed by atoms with Gasteiger partial charge < -0.3 is 24.1 Å². The molecule has 24 heavy (non-hydrogen) atoms. The van der Waals surface area contributed by atoms with Crippen LogP contribution in [-0.2, 0) is 0 Å². The number of hydrogen-bond acceptors (Lipinski definition) is 6.